The summed E-state index contributed by atoms with van der Waals surface area (Å²) >= 11 is 0. The molecule has 1 aromatic heterocycles. The van der Waals surface area contributed by atoms with Crippen LogP contribution in [0.4, 0.5) is 15.9 Å². The van der Waals surface area contributed by atoms with Gasteiger partial charge in [0.2, 0.25) is 5.91 Å². The van der Waals surface area contributed by atoms with Crippen LogP contribution in [0.15, 0.2) is 55.3 Å². The van der Waals surface area contributed by atoms with Gasteiger partial charge in [0.1, 0.15) is 11.4 Å². The van der Waals surface area contributed by atoms with Crippen LogP contribution in [-0.2, 0) is 11.2 Å². The SMILES string of the molecule is C=CC(=O)Nc1cccc(-n2cc(-c3cc(F)c4c(c3)CCNC4=O)c([N+](=O)[O-])n2)c1. The molecule has 9 nitrogen and oxygen atoms in total. The third kappa shape index (κ3) is 3.78. The number of amides is 2. The van der Waals surface area contributed by atoms with Crippen LogP contribution in [-0.4, -0.2) is 33.1 Å². The number of carbonyl (C=O) groups excluding carboxylic acids is 2. The average Bonchev–Trinajstić information content (AvgIpc) is 3.19. The van der Waals surface area contributed by atoms with Crippen LogP contribution < -0.4 is 10.6 Å². The van der Waals surface area contributed by atoms with Crippen molar-refractivity contribution in [1.29, 1.82) is 0 Å². The molecule has 2 N–H and O–H groups in total. The van der Waals surface area contributed by atoms with Gasteiger partial charge in [0.25, 0.3) is 5.91 Å². The Morgan fingerprint density at radius 3 is 2.90 bits per heavy atom. The van der Waals surface area contributed by atoms with Crippen molar-refractivity contribution in [3.05, 3.63) is 82.3 Å². The van der Waals surface area contributed by atoms with Crippen molar-refractivity contribution in [2.45, 2.75) is 6.42 Å². The molecule has 0 atom stereocenters. The van der Waals surface area contributed by atoms with Gasteiger partial charge in [-0.2, -0.15) is 0 Å². The number of nitrogens with zero attached hydrogens (tertiary/aromatic N) is 3. The maximum Gasteiger partial charge on any atom is 0.398 e. The van der Waals surface area contributed by atoms with Gasteiger partial charge in [-0.05, 0) is 58.9 Å². The van der Waals surface area contributed by atoms with Crippen molar-refractivity contribution in [3.8, 4) is 16.8 Å². The summed E-state index contributed by atoms with van der Waals surface area (Å²) in [4.78, 5) is 34.4. The molecule has 0 radical (unpaired) electrons. The summed E-state index contributed by atoms with van der Waals surface area (Å²) in [5.74, 6) is -2.12. The number of hydrogen-bond acceptors (Lipinski definition) is 5. The van der Waals surface area contributed by atoms with Gasteiger partial charge in [-0.25, -0.2) is 4.39 Å². The minimum absolute atomic E-state index is 0.0456. The lowest BCUT2D eigenvalue weighted by Crippen LogP contribution is -2.32. The molecule has 4 rings (SSSR count). The second kappa shape index (κ2) is 7.82. The first-order chi connectivity index (χ1) is 14.9. The number of anilines is 1. The highest BCUT2D eigenvalue weighted by Gasteiger charge is 2.27. The van der Waals surface area contributed by atoms with Gasteiger partial charge < -0.3 is 20.7 Å². The van der Waals surface area contributed by atoms with E-state index in [0.29, 0.717) is 29.9 Å². The molecular weight excluding hydrogens is 405 g/mol. The van der Waals surface area contributed by atoms with Crippen LogP contribution in [0.2, 0.25) is 0 Å². The maximum absolute atomic E-state index is 14.6. The molecule has 0 fully saturated rings. The number of hydrogen-bond donors (Lipinski definition) is 2. The number of halogens is 1. The first-order valence-electron chi connectivity index (χ1n) is 9.26. The Morgan fingerprint density at radius 2 is 2.16 bits per heavy atom. The van der Waals surface area contributed by atoms with E-state index < -0.39 is 28.4 Å². The second-order valence-corrected chi connectivity index (χ2v) is 6.81. The number of rotatable bonds is 5. The monoisotopic (exact) mass is 421 g/mol. The molecule has 156 valence electrons. The summed E-state index contributed by atoms with van der Waals surface area (Å²) in [5, 5.41) is 20.8. The quantitative estimate of drug-likeness (QED) is 0.373. The van der Waals surface area contributed by atoms with E-state index in [1.165, 1.54) is 10.9 Å². The van der Waals surface area contributed by atoms with Gasteiger partial charge >= 0.3 is 5.82 Å². The number of fused-ring (bicyclic) bond motifs is 1. The lowest BCUT2D eigenvalue weighted by Gasteiger charge is -2.17. The van der Waals surface area contributed by atoms with Crippen LogP contribution in [0.25, 0.3) is 16.8 Å². The average molecular weight is 421 g/mol. The second-order valence-electron chi connectivity index (χ2n) is 6.81. The highest BCUT2D eigenvalue weighted by atomic mass is 19.1. The standard InChI is InChI=1S/C21H16FN5O4/c1-2-18(28)24-14-4-3-5-15(10-14)26-11-16(20(25-26)27(30)31)13-8-12-6-7-23-21(29)19(12)17(22)9-13/h2-5,8-11H,1,6-7H2,(H,23,29)(H,24,28). The summed E-state index contributed by atoms with van der Waals surface area (Å²) < 4.78 is 15.9. The molecule has 0 bridgehead atoms. The third-order valence-corrected chi connectivity index (χ3v) is 4.82. The number of nitro groups is 1. The summed E-state index contributed by atoms with van der Waals surface area (Å²) in [6.07, 6.45) is 2.95. The first-order valence-corrected chi connectivity index (χ1v) is 9.26. The van der Waals surface area contributed by atoms with E-state index in [-0.39, 0.29) is 16.7 Å². The van der Waals surface area contributed by atoms with E-state index in [9.17, 15) is 24.1 Å². The predicted molar refractivity (Wildman–Crippen MR) is 110 cm³/mol. The number of carbonyl (C=O) groups is 2. The van der Waals surface area contributed by atoms with E-state index in [1.807, 2.05) is 0 Å². The molecule has 10 heteroatoms. The number of benzene rings is 2. The zero-order valence-corrected chi connectivity index (χ0v) is 16.1. The van der Waals surface area contributed by atoms with Gasteiger partial charge in [0.05, 0.1) is 22.5 Å². The van der Waals surface area contributed by atoms with Gasteiger partial charge in [-0.1, -0.05) is 12.6 Å². The zero-order chi connectivity index (χ0) is 22.1. The van der Waals surface area contributed by atoms with Crippen molar-refractivity contribution in [1.82, 2.24) is 15.1 Å². The van der Waals surface area contributed by atoms with Crippen molar-refractivity contribution in [2.24, 2.45) is 0 Å². The summed E-state index contributed by atoms with van der Waals surface area (Å²) in [6.45, 7) is 3.75. The molecule has 1 aliphatic heterocycles. The molecule has 2 heterocycles. The fourth-order valence-corrected chi connectivity index (χ4v) is 3.42. The van der Waals surface area contributed by atoms with E-state index in [4.69, 9.17) is 0 Å². The molecular formula is C21H16FN5O4. The Morgan fingerprint density at radius 1 is 1.35 bits per heavy atom. The van der Waals surface area contributed by atoms with Gasteiger partial charge in [-0.3, -0.25) is 9.59 Å². The molecule has 1 aliphatic rings. The van der Waals surface area contributed by atoms with Crippen molar-refractivity contribution in [3.63, 3.8) is 0 Å². The highest BCUT2D eigenvalue weighted by molar-refractivity contribution is 5.99. The van der Waals surface area contributed by atoms with Gasteiger partial charge in [0, 0.05) is 12.2 Å². The molecule has 2 aromatic carbocycles. The fourth-order valence-electron chi connectivity index (χ4n) is 3.42. The molecule has 0 saturated carbocycles. The number of aromatic nitrogens is 2. The topological polar surface area (TPSA) is 119 Å². The van der Waals surface area contributed by atoms with Crippen LogP contribution in [0.3, 0.4) is 0 Å². The van der Waals surface area contributed by atoms with E-state index in [1.54, 1.807) is 30.3 Å². The van der Waals surface area contributed by atoms with Crippen molar-refractivity contribution in [2.75, 3.05) is 11.9 Å². The van der Waals surface area contributed by atoms with Gasteiger partial charge in [0.15, 0.2) is 0 Å². The largest absolute Gasteiger partial charge is 0.398 e. The normalized spacial score (nSPS) is 12.6. The van der Waals surface area contributed by atoms with Crippen molar-refractivity contribution >= 4 is 23.3 Å². The maximum atomic E-state index is 14.6. The molecule has 31 heavy (non-hydrogen) atoms. The highest BCUT2D eigenvalue weighted by Crippen LogP contribution is 2.33. The Labute approximate surface area is 175 Å². The minimum atomic E-state index is -0.749. The van der Waals surface area contributed by atoms with Crippen LogP contribution in [0.1, 0.15) is 15.9 Å². The predicted octanol–water partition coefficient (Wildman–Crippen LogP) is 3.00. The first kappa shape index (κ1) is 20.0. The fraction of sp³-hybridized carbons (Fsp3) is 0.0952. The van der Waals surface area contributed by atoms with E-state index in [0.717, 1.165) is 12.1 Å². The summed E-state index contributed by atoms with van der Waals surface area (Å²) in [5.41, 5.74) is 1.70. The van der Waals surface area contributed by atoms with E-state index >= 15 is 0 Å². The van der Waals surface area contributed by atoms with Crippen LogP contribution in [0, 0.1) is 15.9 Å². The Hall–Kier alpha value is -4.34. The smallest absolute Gasteiger partial charge is 0.358 e. The molecule has 3 aromatic rings. The summed E-state index contributed by atoms with van der Waals surface area (Å²) in [6, 6.07) is 9.21. The minimum Gasteiger partial charge on any atom is -0.358 e. The summed E-state index contributed by atoms with van der Waals surface area (Å²) in [7, 11) is 0. The molecule has 0 saturated heterocycles. The van der Waals surface area contributed by atoms with E-state index in [2.05, 4.69) is 22.3 Å². The van der Waals surface area contributed by atoms with Gasteiger partial charge in [-0.15, -0.1) is 4.68 Å². The van der Waals surface area contributed by atoms with Crippen LogP contribution in [0.5, 0.6) is 0 Å². The molecule has 0 aliphatic carbocycles. The Bertz CT molecular complexity index is 1250. The zero-order valence-electron chi connectivity index (χ0n) is 16.1. The molecule has 0 unspecified atom stereocenters. The Balaban J connectivity index is 1.80. The molecule has 2 amide bonds. The Kier molecular flexibility index (Phi) is 5.04. The molecule has 0 spiro atoms. The lowest BCUT2D eigenvalue weighted by atomic mass is 9.95. The van der Waals surface area contributed by atoms with Crippen molar-refractivity contribution < 1.29 is 18.9 Å². The lowest BCUT2D eigenvalue weighted by molar-refractivity contribution is -0.389. The third-order valence-electron chi connectivity index (χ3n) is 4.82. The number of nitrogens with one attached hydrogen (secondary N) is 2. The van der Waals surface area contributed by atoms with Crippen LogP contribution >= 0.6 is 0 Å².